The van der Waals surface area contributed by atoms with Gasteiger partial charge in [-0.3, -0.25) is 9.59 Å². The Bertz CT molecular complexity index is 641. The van der Waals surface area contributed by atoms with Crippen LogP contribution in [-0.2, 0) is 9.59 Å². The van der Waals surface area contributed by atoms with Crippen LogP contribution in [0, 0.1) is 0 Å². The molecule has 0 aliphatic rings. The summed E-state index contributed by atoms with van der Waals surface area (Å²) < 4.78 is 5.47. The van der Waals surface area contributed by atoms with Crippen molar-refractivity contribution in [3.8, 4) is 5.75 Å². The van der Waals surface area contributed by atoms with Gasteiger partial charge in [-0.15, -0.1) is 0 Å². The highest BCUT2D eigenvalue weighted by molar-refractivity contribution is 5.93. The number of anilines is 2. The van der Waals surface area contributed by atoms with E-state index in [9.17, 15) is 9.59 Å². The van der Waals surface area contributed by atoms with Crippen LogP contribution in [0.4, 0.5) is 11.4 Å². The zero-order chi connectivity index (χ0) is 15.8. The Morgan fingerprint density at radius 1 is 0.955 bits per heavy atom. The first kappa shape index (κ1) is 15.6. The molecular weight excluding hydrogens is 280 g/mol. The fourth-order valence-electron chi connectivity index (χ4n) is 1.88. The Balaban J connectivity index is 1.80. The SMILES string of the molecule is CC(=O)Nc1cccc(NC(=O)CCOc2ccccc2)c1. The molecule has 2 amide bonds. The van der Waals surface area contributed by atoms with Gasteiger partial charge in [0.15, 0.2) is 0 Å². The van der Waals surface area contributed by atoms with Crippen LogP contribution in [-0.4, -0.2) is 18.4 Å². The van der Waals surface area contributed by atoms with Crippen molar-refractivity contribution in [2.24, 2.45) is 0 Å². The molecular formula is C17H18N2O3. The van der Waals surface area contributed by atoms with Gasteiger partial charge in [0.1, 0.15) is 5.75 Å². The molecule has 0 saturated carbocycles. The molecule has 0 fully saturated rings. The predicted octanol–water partition coefficient (Wildman–Crippen LogP) is 3.05. The number of hydrogen-bond acceptors (Lipinski definition) is 3. The number of benzene rings is 2. The third kappa shape index (κ3) is 5.28. The number of nitrogens with one attached hydrogen (secondary N) is 2. The molecule has 5 heteroatoms. The van der Waals surface area contributed by atoms with Gasteiger partial charge in [0.25, 0.3) is 0 Å². The highest BCUT2D eigenvalue weighted by Gasteiger charge is 2.04. The summed E-state index contributed by atoms with van der Waals surface area (Å²) in [5.74, 6) is 0.443. The normalized spacial score (nSPS) is 9.86. The van der Waals surface area contributed by atoms with Gasteiger partial charge < -0.3 is 15.4 Å². The average Bonchev–Trinajstić information content (AvgIpc) is 2.48. The fourth-order valence-corrected chi connectivity index (χ4v) is 1.88. The van der Waals surface area contributed by atoms with Gasteiger partial charge in [0.2, 0.25) is 11.8 Å². The van der Waals surface area contributed by atoms with E-state index in [4.69, 9.17) is 4.74 Å². The highest BCUT2D eigenvalue weighted by atomic mass is 16.5. The molecule has 0 bridgehead atoms. The summed E-state index contributed by atoms with van der Waals surface area (Å²) in [6, 6.07) is 16.3. The lowest BCUT2D eigenvalue weighted by molar-refractivity contribution is -0.116. The van der Waals surface area contributed by atoms with Crippen molar-refractivity contribution in [1.29, 1.82) is 0 Å². The van der Waals surface area contributed by atoms with E-state index in [0.717, 1.165) is 5.75 Å². The minimum absolute atomic E-state index is 0.143. The maximum atomic E-state index is 11.9. The summed E-state index contributed by atoms with van der Waals surface area (Å²) in [7, 11) is 0. The molecule has 2 aromatic rings. The monoisotopic (exact) mass is 298 g/mol. The predicted molar refractivity (Wildman–Crippen MR) is 85.9 cm³/mol. The van der Waals surface area contributed by atoms with Gasteiger partial charge in [-0.05, 0) is 30.3 Å². The second-order valence-corrected chi connectivity index (χ2v) is 4.72. The molecule has 2 N–H and O–H groups in total. The minimum Gasteiger partial charge on any atom is -0.493 e. The summed E-state index contributed by atoms with van der Waals surface area (Å²) in [6.45, 7) is 1.74. The van der Waals surface area contributed by atoms with Crippen LogP contribution in [0.15, 0.2) is 54.6 Å². The Morgan fingerprint density at radius 3 is 2.32 bits per heavy atom. The molecule has 0 atom stereocenters. The summed E-state index contributed by atoms with van der Waals surface area (Å²) in [6.07, 6.45) is 0.249. The van der Waals surface area contributed by atoms with Crippen molar-refractivity contribution in [3.63, 3.8) is 0 Å². The maximum Gasteiger partial charge on any atom is 0.227 e. The number of amides is 2. The van der Waals surface area contributed by atoms with Crippen molar-refractivity contribution in [2.75, 3.05) is 17.2 Å². The first-order valence-electron chi connectivity index (χ1n) is 6.99. The second kappa shape index (κ2) is 7.83. The van der Waals surface area contributed by atoms with Gasteiger partial charge in [-0.25, -0.2) is 0 Å². The molecule has 0 heterocycles. The lowest BCUT2D eigenvalue weighted by Gasteiger charge is -2.09. The van der Waals surface area contributed by atoms with Gasteiger partial charge in [0, 0.05) is 18.3 Å². The van der Waals surface area contributed by atoms with Gasteiger partial charge in [0.05, 0.1) is 13.0 Å². The molecule has 0 aliphatic heterocycles. The van der Waals surface area contributed by atoms with Crippen LogP contribution in [0.5, 0.6) is 5.75 Å². The Hall–Kier alpha value is -2.82. The summed E-state index contributed by atoms with van der Waals surface area (Å²) >= 11 is 0. The molecule has 2 rings (SSSR count). The van der Waals surface area contributed by atoms with Crippen LogP contribution < -0.4 is 15.4 Å². The maximum absolute atomic E-state index is 11.9. The lowest BCUT2D eigenvalue weighted by atomic mass is 10.2. The van der Waals surface area contributed by atoms with E-state index >= 15 is 0 Å². The Labute approximate surface area is 129 Å². The third-order valence-electron chi connectivity index (χ3n) is 2.81. The van der Waals surface area contributed by atoms with E-state index < -0.39 is 0 Å². The third-order valence-corrected chi connectivity index (χ3v) is 2.81. The highest BCUT2D eigenvalue weighted by Crippen LogP contribution is 2.15. The lowest BCUT2D eigenvalue weighted by Crippen LogP contribution is -2.15. The van der Waals surface area contributed by atoms with E-state index in [1.807, 2.05) is 30.3 Å². The largest absolute Gasteiger partial charge is 0.493 e. The van der Waals surface area contributed by atoms with Crippen LogP contribution in [0.25, 0.3) is 0 Å². The van der Waals surface area contributed by atoms with E-state index in [2.05, 4.69) is 10.6 Å². The number of hydrogen-bond donors (Lipinski definition) is 2. The van der Waals surface area contributed by atoms with Crippen LogP contribution >= 0.6 is 0 Å². The molecule has 0 aromatic heterocycles. The van der Waals surface area contributed by atoms with E-state index in [-0.39, 0.29) is 18.2 Å². The van der Waals surface area contributed by atoms with Crippen LogP contribution in [0.1, 0.15) is 13.3 Å². The smallest absolute Gasteiger partial charge is 0.227 e. The van der Waals surface area contributed by atoms with E-state index in [1.165, 1.54) is 6.92 Å². The number of carbonyl (C=O) groups is 2. The minimum atomic E-state index is -0.153. The van der Waals surface area contributed by atoms with Crippen molar-refractivity contribution < 1.29 is 14.3 Å². The second-order valence-electron chi connectivity index (χ2n) is 4.72. The number of para-hydroxylation sites is 1. The Morgan fingerprint density at radius 2 is 1.64 bits per heavy atom. The first-order valence-corrected chi connectivity index (χ1v) is 6.99. The molecule has 0 aliphatic carbocycles. The number of ether oxygens (including phenoxy) is 1. The summed E-state index contributed by atoms with van der Waals surface area (Å²) in [5, 5.41) is 5.44. The zero-order valence-corrected chi connectivity index (χ0v) is 12.3. The molecule has 2 aromatic carbocycles. The molecule has 0 unspecified atom stereocenters. The standard InChI is InChI=1S/C17H18N2O3/c1-13(20)18-14-6-5-7-15(12-14)19-17(21)10-11-22-16-8-3-2-4-9-16/h2-9,12H,10-11H2,1H3,(H,18,20)(H,19,21). The molecule has 0 saturated heterocycles. The molecule has 114 valence electrons. The van der Waals surface area contributed by atoms with E-state index in [0.29, 0.717) is 18.0 Å². The quantitative estimate of drug-likeness (QED) is 0.861. The van der Waals surface area contributed by atoms with Crippen molar-refractivity contribution in [1.82, 2.24) is 0 Å². The zero-order valence-electron chi connectivity index (χ0n) is 12.3. The molecule has 5 nitrogen and oxygen atoms in total. The van der Waals surface area contributed by atoms with E-state index in [1.54, 1.807) is 24.3 Å². The number of carbonyl (C=O) groups excluding carboxylic acids is 2. The average molecular weight is 298 g/mol. The first-order chi connectivity index (χ1) is 10.6. The number of rotatable bonds is 6. The van der Waals surface area contributed by atoms with Crippen molar-refractivity contribution in [3.05, 3.63) is 54.6 Å². The van der Waals surface area contributed by atoms with Crippen LogP contribution in [0.3, 0.4) is 0 Å². The van der Waals surface area contributed by atoms with Crippen LogP contribution in [0.2, 0.25) is 0 Å². The van der Waals surface area contributed by atoms with Gasteiger partial charge in [-0.1, -0.05) is 24.3 Å². The summed E-state index contributed by atoms with van der Waals surface area (Å²) in [4.78, 5) is 22.9. The topological polar surface area (TPSA) is 67.4 Å². The van der Waals surface area contributed by atoms with Gasteiger partial charge >= 0.3 is 0 Å². The van der Waals surface area contributed by atoms with Gasteiger partial charge in [-0.2, -0.15) is 0 Å². The molecule has 22 heavy (non-hydrogen) atoms. The molecule has 0 spiro atoms. The van der Waals surface area contributed by atoms with Crippen molar-refractivity contribution >= 4 is 23.2 Å². The summed E-state index contributed by atoms with van der Waals surface area (Å²) in [5.41, 5.74) is 1.28. The van der Waals surface area contributed by atoms with Crippen molar-refractivity contribution in [2.45, 2.75) is 13.3 Å². The fraction of sp³-hybridized carbons (Fsp3) is 0.176. The molecule has 0 radical (unpaired) electrons. The Kier molecular flexibility index (Phi) is 5.54.